The number of urea groups is 1. The first-order valence-electron chi connectivity index (χ1n) is 5.90. The van der Waals surface area contributed by atoms with Gasteiger partial charge >= 0.3 is 6.03 Å². The molecule has 1 saturated heterocycles. The number of unbranched alkanes of at least 4 members (excludes halogenated alkanes) is 1. The Hall–Kier alpha value is -0.770. The smallest absolute Gasteiger partial charge is 0.317 e. The van der Waals surface area contributed by atoms with E-state index in [0.29, 0.717) is 0 Å². The van der Waals surface area contributed by atoms with Crippen molar-refractivity contribution in [2.24, 2.45) is 0 Å². The summed E-state index contributed by atoms with van der Waals surface area (Å²) in [7, 11) is 4.43. The van der Waals surface area contributed by atoms with E-state index in [1.165, 1.54) is 0 Å². The van der Waals surface area contributed by atoms with Crippen LogP contribution in [-0.2, 0) is 0 Å². The summed E-state index contributed by atoms with van der Waals surface area (Å²) in [5, 5.41) is 2.96. The average Bonchev–Trinajstić information content (AvgIpc) is 2.18. The number of carbonyl (C=O) groups is 1. The lowest BCUT2D eigenvalue weighted by Crippen LogP contribution is -2.57. The standard InChI is InChI=1S/C11H23N3O/c1-4-5-6-12-11(15)13-7-9-14(2,3)10-8-13/h4-10H2,1-3H3/p+1. The minimum atomic E-state index is 0.114. The number of quaternary nitrogens is 1. The minimum Gasteiger partial charge on any atom is -0.338 e. The summed E-state index contributed by atoms with van der Waals surface area (Å²) in [4.78, 5) is 13.6. The molecular formula is C11H24N3O+. The number of nitrogens with one attached hydrogen (secondary N) is 1. The van der Waals surface area contributed by atoms with Gasteiger partial charge in [-0.3, -0.25) is 0 Å². The third kappa shape index (κ3) is 4.08. The van der Waals surface area contributed by atoms with Crippen molar-refractivity contribution in [2.75, 3.05) is 46.8 Å². The third-order valence-electron chi connectivity index (χ3n) is 3.04. The third-order valence-corrected chi connectivity index (χ3v) is 3.04. The number of piperazine rings is 1. The fraction of sp³-hybridized carbons (Fsp3) is 0.909. The predicted octanol–water partition coefficient (Wildman–Crippen LogP) is 0.888. The van der Waals surface area contributed by atoms with Crippen molar-refractivity contribution in [1.29, 1.82) is 0 Å². The molecule has 0 saturated carbocycles. The van der Waals surface area contributed by atoms with Crippen molar-refractivity contribution >= 4 is 6.03 Å². The summed E-state index contributed by atoms with van der Waals surface area (Å²) < 4.78 is 1.03. The summed E-state index contributed by atoms with van der Waals surface area (Å²) in [6, 6.07) is 0.114. The zero-order valence-corrected chi connectivity index (χ0v) is 10.3. The van der Waals surface area contributed by atoms with Gasteiger partial charge in [0.15, 0.2) is 0 Å². The van der Waals surface area contributed by atoms with E-state index in [1.807, 2.05) is 4.90 Å². The van der Waals surface area contributed by atoms with Crippen LogP contribution in [0.2, 0.25) is 0 Å². The molecule has 1 fully saturated rings. The first-order valence-corrected chi connectivity index (χ1v) is 5.90. The molecule has 0 radical (unpaired) electrons. The van der Waals surface area contributed by atoms with Gasteiger partial charge in [-0.2, -0.15) is 0 Å². The zero-order chi connectivity index (χ0) is 11.3. The Kier molecular flexibility index (Phi) is 4.39. The van der Waals surface area contributed by atoms with E-state index >= 15 is 0 Å². The fourth-order valence-corrected chi connectivity index (χ4v) is 1.69. The molecule has 0 aromatic rings. The molecule has 88 valence electrons. The Morgan fingerprint density at radius 1 is 1.33 bits per heavy atom. The van der Waals surface area contributed by atoms with Crippen molar-refractivity contribution < 1.29 is 9.28 Å². The average molecular weight is 214 g/mol. The van der Waals surface area contributed by atoms with Crippen LogP contribution in [0.25, 0.3) is 0 Å². The van der Waals surface area contributed by atoms with Gasteiger partial charge < -0.3 is 14.7 Å². The van der Waals surface area contributed by atoms with Gasteiger partial charge in [0.1, 0.15) is 0 Å². The highest BCUT2D eigenvalue weighted by Gasteiger charge is 2.26. The Balaban J connectivity index is 2.24. The fourth-order valence-electron chi connectivity index (χ4n) is 1.69. The number of rotatable bonds is 3. The lowest BCUT2D eigenvalue weighted by Gasteiger charge is -2.38. The molecule has 1 N–H and O–H groups in total. The monoisotopic (exact) mass is 214 g/mol. The molecule has 0 aromatic heterocycles. The van der Waals surface area contributed by atoms with Crippen molar-refractivity contribution in [1.82, 2.24) is 10.2 Å². The lowest BCUT2D eigenvalue weighted by atomic mass is 10.3. The van der Waals surface area contributed by atoms with Crippen LogP contribution in [0.15, 0.2) is 0 Å². The number of amides is 2. The number of hydrogen-bond acceptors (Lipinski definition) is 1. The van der Waals surface area contributed by atoms with Gasteiger partial charge in [0.05, 0.1) is 40.3 Å². The normalized spacial score (nSPS) is 20.1. The van der Waals surface area contributed by atoms with Crippen molar-refractivity contribution in [2.45, 2.75) is 19.8 Å². The molecule has 1 rings (SSSR count). The van der Waals surface area contributed by atoms with Gasteiger partial charge in [-0.05, 0) is 6.42 Å². The summed E-state index contributed by atoms with van der Waals surface area (Å²) in [5.41, 5.74) is 0. The van der Waals surface area contributed by atoms with Crippen molar-refractivity contribution in [3.05, 3.63) is 0 Å². The molecule has 4 heteroatoms. The molecule has 0 atom stereocenters. The Morgan fingerprint density at radius 3 is 2.47 bits per heavy atom. The highest BCUT2D eigenvalue weighted by molar-refractivity contribution is 5.74. The number of hydrogen-bond donors (Lipinski definition) is 1. The molecule has 1 heterocycles. The minimum absolute atomic E-state index is 0.114. The van der Waals surface area contributed by atoms with Gasteiger partial charge in [-0.15, -0.1) is 0 Å². The molecule has 0 aliphatic carbocycles. The SMILES string of the molecule is CCCCNC(=O)N1CC[N+](C)(C)CC1. The van der Waals surface area contributed by atoms with Gasteiger partial charge in [0, 0.05) is 6.54 Å². The van der Waals surface area contributed by atoms with E-state index in [2.05, 4.69) is 26.3 Å². The van der Waals surface area contributed by atoms with E-state index < -0.39 is 0 Å². The first-order chi connectivity index (χ1) is 7.05. The van der Waals surface area contributed by atoms with Crippen LogP contribution >= 0.6 is 0 Å². The molecule has 0 unspecified atom stereocenters. The highest BCUT2D eigenvalue weighted by atomic mass is 16.2. The number of carbonyl (C=O) groups excluding carboxylic acids is 1. The van der Waals surface area contributed by atoms with Gasteiger partial charge in [-0.1, -0.05) is 13.3 Å². The van der Waals surface area contributed by atoms with Crippen LogP contribution < -0.4 is 5.32 Å². The quantitative estimate of drug-likeness (QED) is 0.549. The van der Waals surface area contributed by atoms with Crippen LogP contribution in [0, 0.1) is 0 Å². The first kappa shape index (κ1) is 12.3. The zero-order valence-electron chi connectivity index (χ0n) is 10.3. The van der Waals surface area contributed by atoms with E-state index in [1.54, 1.807) is 0 Å². The Labute approximate surface area is 92.8 Å². The second-order valence-electron chi connectivity index (χ2n) is 4.96. The Morgan fingerprint density at radius 2 is 1.93 bits per heavy atom. The second kappa shape index (κ2) is 5.35. The highest BCUT2D eigenvalue weighted by Crippen LogP contribution is 2.06. The lowest BCUT2D eigenvalue weighted by molar-refractivity contribution is -0.894. The summed E-state index contributed by atoms with van der Waals surface area (Å²) in [6.45, 7) is 6.81. The van der Waals surface area contributed by atoms with Crippen LogP contribution in [0.5, 0.6) is 0 Å². The molecule has 4 nitrogen and oxygen atoms in total. The maximum absolute atomic E-state index is 11.7. The van der Waals surface area contributed by atoms with Crippen LogP contribution in [0.3, 0.4) is 0 Å². The van der Waals surface area contributed by atoms with Crippen molar-refractivity contribution in [3.8, 4) is 0 Å². The van der Waals surface area contributed by atoms with Gasteiger partial charge in [0.2, 0.25) is 0 Å². The molecular weight excluding hydrogens is 190 g/mol. The van der Waals surface area contributed by atoms with Gasteiger partial charge in [0.25, 0.3) is 0 Å². The van der Waals surface area contributed by atoms with Crippen LogP contribution in [0.1, 0.15) is 19.8 Å². The van der Waals surface area contributed by atoms with Gasteiger partial charge in [-0.25, -0.2) is 4.79 Å². The Bertz CT molecular complexity index is 206. The molecule has 2 amide bonds. The van der Waals surface area contributed by atoms with E-state index in [4.69, 9.17) is 0 Å². The molecule has 1 aliphatic heterocycles. The van der Waals surface area contributed by atoms with E-state index in [0.717, 1.165) is 50.0 Å². The van der Waals surface area contributed by atoms with E-state index in [-0.39, 0.29) is 6.03 Å². The topological polar surface area (TPSA) is 32.3 Å². The summed E-state index contributed by atoms with van der Waals surface area (Å²) in [5.74, 6) is 0. The van der Waals surface area contributed by atoms with E-state index in [9.17, 15) is 4.79 Å². The number of nitrogens with zero attached hydrogens (tertiary/aromatic N) is 2. The predicted molar refractivity (Wildman–Crippen MR) is 61.7 cm³/mol. The maximum atomic E-state index is 11.7. The van der Waals surface area contributed by atoms with Crippen LogP contribution in [-0.4, -0.2) is 62.2 Å². The molecule has 0 spiro atoms. The molecule has 1 aliphatic rings. The summed E-state index contributed by atoms with van der Waals surface area (Å²) in [6.07, 6.45) is 2.20. The molecule has 15 heavy (non-hydrogen) atoms. The van der Waals surface area contributed by atoms with Crippen molar-refractivity contribution in [3.63, 3.8) is 0 Å². The summed E-state index contributed by atoms with van der Waals surface area (Å²) >= 11 is 0. The maximum Gasteiger partial charge on any atom is 0.317 e. The number of likely N-dealkylation sites (N-methyl/N-ethyl adjacent to an activating group) is 1. The van der Waals surface area contributed by atoms with Crippen LogP contribution in [0.4, 0.5) is 4.79 Å². The molecule has 0 bridgehead atoms. The largest absolute Gasteiger partial charge is 0.338 e. The second-order valence-corrected chi connectivity index (χ2v) is 4.96. The molecule has 0 aromatic carbocycles.